The molecule has 3 heterocycles. The van der Waals surface area contributed by atoms with Gasteiger partial charge in [0.15, 0.2) is 0 Å². The quantitative estimate of drug-likeness (QED) is 0.495. The lowest BCUT2D eigenvalue weighted by Crippen LogP contribution is -2.50. The number of ether oxygens (including phenoxy) is 2. The Morgan fingerprint density at radius 3 is 2.54 bits per heavy atom. The summed E-state index contributed by atoms with van der Waals surface area (Å²) in [5.74, 6) is 1.31. The lowest BCUT2D eigenvalue weighted by molar-refractivity contribution is -0.119. The fraction of sp³-hybridized carbons (Fsp3) is 0.464. The van der Waals surface area contributed by atoms with Crippen LogP contribution in [0.3, 0.4) is 0 Å². The first kappa shape index (κ1) is 25.3. The molecule has 0 saturated carbocycles. The van der Waals surface area contributed by atoms with Crippen LogP contribution in [0.25, 0.3) is 21.3 Å². The number of anilines is 1. The zero-order chi connectivity index (χ0) is 26.0. The highest BCUT2D eigenvalue weighted by atomic mass is 32.1. The third-order valence-corrected chi connectivity index (χ3v) is 7.60. The van der Waals surface area contributed by atoms with E-state index in [9.17, 15) is 9.59 Å². The van der Waals surface area contributed by atoms with Crippen molar-refractivity contribution in [3.63, 3.8) is 0 Å². The maximum atomic E-state index is 12.4. The molecule has 2 fully saturated rings. The van der Waals surface area contributed by atoms with Crippen LogP contribution in [0.5, 0.6) is 5.75 Å². The van der Waals surface area contributed by atoms with Crippen LogP contribution in [0, 0.1) is 5.92 Å². The van der Waals surface area contributed by atoms with E-state index in [4.69, 9.17) is 9.47 Å². The topological polar surface area (TPSA) is 84.0 Å². The van der Waals surface area contributed by atoms with Gasteiger partial charge in [-0.2, -0.15) is 0 Å². The number of rotatable bonds is 6. The van der Waals surface area contributed by atoms with E-state index in [1.54, 1.807) is 16.2 Å². The second-order valence-electron chi connectivity index (χ2n) is 10.7. The van der Waals surface area contributed by atoms with Gasteiger partial charge in [-0.05, 0) is 68.5 Å². The van der Waals surface area contributed by atoms with Crippen molar-refractivity contribution in [2.45, 2.75) is 39.2 Å². The van der Waals surface area contributed by atoms with Crippen LogP contribution >= 0.6 is 11.3 Å². The minimum Gasteiger partial charge on any atom is -0.492 e. The fourth-order valence-corrected chi connectivity index (χ4v) is 5.49. The number of carbonyl (C=O) groups is 2. The van der Waals surface area contributed by atoms with Crippen LogP contribution in [-0.4, -0.2) is 66.8 Å². The van der Waals surface area contributed by atoms with Gasteiger partial charge in [0.2, 0.25) is 5.91 Å². The van der Waals surface area contributed by atoms with Crippen molar-refractivity contribution in [3.05, 3.63) is 41.9 Å². The average Bonchev–Trinajstić information content (AvgIpc) is 3.52. The zero-order valence-corrected chi connectivity index (χ0v) is 22.5. The van der Waals surface area contributed by atoms with Crippen molar-refractivity contribution in [3.8, 4) is 16.9 Å². The number of nitrogens with one attached hydrogen (secondary N) is 1. The Hall–Kier alpha value is -3.33. The van der Waals surface area contributed by atoms with Gasteiger partial charge < -0.3 is 24.6 Å². The molecular formula is C28H34N4O4S. The van der Waals surface area contributed by atoms with Crippen LogP contribution in [0.4, 0.5) is 10.5 Å². The van der Waals surface area contributed by atoms with Crippen LogP contribution < -0.4 is 15.0 Å². The number of hydrogen-bond acceptors (Lipinski definition) is 7. The van der Waals surface area contributed by atoms with E-state index in [0.717, 1.165) is 58.8 Å². The molecule has 8 nitrogen and oxygen atoms in total. The first-order chi connectivity index (χ1) is 17.7. The van der Waals surface area contributed by atoms with Crippen molar-refractivity contribution in [1.82, 2.24) is 15.2 Å². The number of fused-ring (bicyclic) bond motifs is 1. The maximum Gasteiger partial charge on any atom is 0.410 e. The van der Waals surface area contributed by atoms with Gasteiger partial charge in [-0.1, -0.05) is 12.1 Å². The standard InChI is InChI=1S/C28H34N4O4S/c1-28(2,3)36-27(34)32-11-9-31(10-12-32)22-6-4-20(5-7-22)21-15-23-26(37-18-30-23)24(16-21)35-13-8-19-14-25(33)29-17-19/h4-7,15-16,18-19H,8-14,17H2,1-3H3,(H,29,33)/t19-/m1/s1. The van der Waals surface area contributed by atoms with Gasteiger partial charge >= 0.3 is 6.09 Å². The van der Waals surface area contributed by atoms with Gasteiger partial charge in [-0.15, -0.1) is 11.3 Å². The van der Waals surface area contributed by atoms with E-state index in [2.05, 4.69) is 51.6 Å². The molecule has 196 valence electrons. The molecule has 2 amide bonds. The van der Waals surface area contributed by atoms with E-state index in [1.807, 2.05) is 26.3 Å². The zero-order valence-electron chi connectivity index (χ0n) is 21.7. The number of thiazole rings is 1. The molecule has 1 N–H and O–H groups in total. The molecule has 0 radical (unpaired) electrons. The summed E-state index contributed by atoms with van der Waals surface area (Å²) in [6, 6.07) is 12.7. The number of hydrogen-bond donors (Lipinski definition) is 1. The molecule has 9 heteroatoms. The van der Waals surface area contributed by atoms with Crippen LogP contribution in [-0.2, 0) is 9.53 Å². The molecule has 0 aliphatic carbocycles. The third-order valence-electron chi connectivity index (χ3n) is 6.74. The molecule has 1 aromatic heterocycles. The number of nitrogens with zero attached hydrogens (tertiary/aromatic N) is 3. The average molecular weight is 523 g/mol. The van der Waals surface area contributed by atoms with Crippen LogP contribution in [0.1, 0.15) is 33.6 Å². The summed E-state index contributed by atoms with van der Waals surface area (Å²) < 4.78 is 12.8. The smallest absolute Gasteiger partial charge is 0.410 e. The van der Waals surface area contributed by atoms with Crippen molar-refractivity contribution in [2.24, 2.45) is 5.92 Å². The summed E-state index contributed by atoms with van der Waals surface area (Å²) in [6.45, 7) is 9.80. The SMILES string of the molecule is CC(C)(C)OC(=O)N1CCN(c2ccc(-c3cc(OCC[C@H]4CNC(=O)C4)c4scnc4c3)cc2)CC1. The molecular weight excluding hydrogens is 488 g/mol. The van der Waals surface area contributed by atoms with Crippen molar-refractivity contribution < 1.29 is 19.1 Å². The summed E-state index contributed by atoms with van der Waals surface area (Å²) in [4.78, 5) is 32.4. The van der Waals surface area contributed by atoms with Crippen LogP contribution in [0.2, 0.25) is 0 Å². The van der Waals surface area contributed by atoms with Gasteiger partial charge in [0.1, 0.15) is 11.4 Å². The Morgan fingerprint density at radius 1 is 1.11 bits per heavy atom. The van der Waals surface area contributed by atoms with E-state index >= 15 is 0 Å². The summed E-state index contributed by atoms with van der Waals surface area (Å²) in [6.07, 6.45) is 1.19. The predicted octanol–water partition coefficient (Wildman–Crippen LogP) is 4.93. The van der Waals surface area contributed by atoms with E-state index in [0.29, 0.717) is 32.0 Å². The fourth-order valence-electron chi connectivity index (χ4n) is 4.75. The first-order valence-corrected chi connectivity index (χ1v) is 13.7. The van der Waals surface area contributed by atoms with Gasteiger partial charge in [-0.3, -0.25) is 4.79 Å². The Balaban J connectivity index is 1.23. The van der Waals surface area contributed by atoms with E-state index < -0.39 is 5.60 Å². The lowest BCUT2D eigenvalue weighted by atomic mass is 10.0. The highest BCUT2D eigenvalue weighted by Crippen LogP contribution is 2.35. The van der Waals surface area contributed by atoms with Gasteiger partial charge in [0.05, 0.1) is 22.3 Å². The number of carbonyl (C=O) groups excluding carboxylic acids is 2. The largest absolute Gasteiger partial charge is 0.492 e. The predicted molar refractivity (Wildman–Crippen MR) is 146 cm³/mol. The molecule has 3 aromatic rings. The highest BCUT2D eigenvalue weighted by molar-refractivity contribution is 7.17. The Bertz CT molecular complexity index is 1260. The highest BCUT2D eigenvalue weighted by Gasteiger charge is 2.26. The number of amides is 2. The minimum absolute atomic E-state index is 0.130. The summed E-state index contributed by atoms with van der Waals surface area (Å²) in [5, 5.41) is 2.89. The first-order valence-electron chi connectivity index (χ1n) is 12.9. The Morgan fingerprint density at radius 2 is 1.86 bits per heavy atom. The monoisotopic (exact) mass is 522 g/mol. The molecule has 0 unspecified atom stereocenters. The Labute approximate surface area is 221 Å². The van der Waals surface area contributed by atoms with Crippen molar-refractivity contribution >= 4 is 39.2 Å². The molecule has 0 bridgehead atoms. The molecule has 2 aliphatic rings. The van der Waals surface area contributed by atoms with E-state index in [1.165, 1.54) is 0 Å². The van der Waals surface area contributed by atoms with Gasteiger partial charge in [0.25, 0.3) is 0 Å². The molecule has 2 saturated heterocycles. The molecule has 2 aromatic carbocycles. The van der Waals surface area contributed by atoms with Gasteiger partial charge in [-0.25, -0.2) is 9.78 Å². The molecule has 5 rings (SSSR count). The second kappa shape index (κ2) is 10.6. The number of benzene rings is 2. The minimum atomic E-state index is -0.482. The van der Waals surface area contributed by atoms with Crippen LogP contribution in [0.15, 0.2) is 41.9 Å². The summed E-state index contributed by atoms with van der Waals surface area (Å²) in [7, 11) is 0. The molecule has 0 spiro atoms. The lowest BCUT2D eigenvalue weighted by Gasteiger charge is -2.36. The van der Waals surface area contributed by atoms with Crippen molar-refractivity contribution in [1.29, 1.82) is 0 Å². The van der Waals surface area contributed by atoms with E-state index in [-0.39, 0.29) is 12.0 Å². The molecule has 1 atom stereocenters. The van der Waals surface area contributed by atoms with Crippen molar-refractivity contribution in [2.75, 3.05) is 44.2 Å². The molecule has 37 heavy (non-hydrogen) atoms. The summed E-state index contributed by atoms with van der Waals surface area (Å²) in [5.41, 5.74) is 5.59. The van der Waals surface area contributed by atoms with Gasteiger partial charge in [0, 0.05) is 44.8 Å². The second-order valence-corrected chi connectivity index (χ2v) is 11.5. The number of aromatic nitrogens is 1. The Kier molecular flexibility index (Phi) is 7.24. The number of piperazine rings is 1. The summed E-state index contributed by atoms with van der Waals surface area (Å²) >= 11 is 1.58. The molecule has 2 aliphatic heterocycles. The normalized spacial score (nSPS) is 18.2. The maximum absolute atomic E-state index is 12.4. The third kappa shape index (κ3) is 6.15.